The number of halogens is 2. The van der Waals surface area contributed by atoms with Crippen molar-refractivity contribution in [2.24, 2.45) is 0 Å². The number of allylic oxidation sites excluding steroid dienone is 4. The van der Waals surface area contributed by atoms with Crippen molar-refractivity contribution < 1.29 is 20.4 Å². The fraction of sp³-hybridized carbons (Fsp3) is 0.429. The van der Waals surface area contributed by atoms with Crippen LogP contribution in [0, 0.1) is 0 Å². The Balaban J connectivity index is 0.000000500. The van der Waals surface area contributed by atoms with Crippen molar-refractivity contribution in [3.05, 3.63) is 21.2 Å². The maximum atomic E-state index is 5.85. The molecule has 0 unspecified atom stereocenters. The first-order chi connectivity index (χ1) is 4.29. The van der Waals surface area contributed by atoms with Crippen molar-refractivity contribution in [1.82, 2.24) is 0 Å². The second-order valence-corrected chi connectivity index (χ2v) is 3.27. The molecule has 0 atom stereocenters. The van der Waals surface area contributed by atoms with E-state index < -0.39 is 0 Å². The molecule has 0 aromatic heterocycles. The zero-order chi connectivity index (χ0) is 6.43. The van der Waals surface area contributed by atoms with Crippen molar-refractivity contribution in [2.75, 3.05) is 0 Å². The molecular weight excluding hydrogens is 261 g/mol. The van der Waals surface area contributed by atoms with E-state index in [-0.39, 0.29) is 20.4 Å². The van der Waals surface area contributed by atoms with Gasteiger partial charge in [0.15, 0.2) is 0 Å². The predicted molar refractivity (Wildman–Crippen MR) is 39.6 cm³/mol. The van der Waals surface area contributed by atoms with Crippen molar-refractivity contribution in [3.8, 4) is 0 Å². The summed E-state index contributed by atoms with van der Waals surface area (Å²) >= 11 is 11.7. The first kappa shape index (κ1) is 8.82. The van der Waals surface area contributed by atoms with Gasteiger partial charge in [-0.2, -0.15) is 0 Å². The molecule has 10 heavy (non-hydrogen) atoms. The molecule has 2 aliphatic rings. The van der Waals surface area contributed by atoms with E-state index in [0.29, 0.717) is 0 Å². The van der Waals surface area contributed by atoms with E-state index in [1.807, 2.05) is 0 Å². The first-order valence-corrected chi connectivity index (χ1v) is 3.80. The van der Waals surface area contributed by atoms with Crippen LogP contribution in [0.2, 0.25) is 0 Å². The Labute approximate surface area is 83.9 Å². The monoisotopic (exact) mass is 266 g/mol. The molecule has 2 bridgehead atoms. The molecule has 0 radical (unpaired) electrons. The van der Waals surface area contributed by atoms with Gasteiger partial charge in [-0.25, -0.2) is 0 Å². The van der Waals surface area contributed by atoms with Crippen LogP contribution in [0.5, 0.6) is 0 Å². The molecular formula is C7H6Cl2Pd. The average Bonchev–Trinajstić information content (AvgIpc) is 2.37. The van der Waals surface area contributed by atoms with Gasteiger partial charge in [0.05, 0.1) is 10.1 Å². The zero-order valence-corrected chi connectivity index (χ0v) is 8.26. The molecule has 0 aromatic carbocycles. The maximum Gasteiger partial charge on any atom is 0.0587 e. The molecule has 1 fully saturated rings. The van der Waals surface area contributed by atoms with Crippen LogP contribution in [-0.4, -0.2) is 0 Å². The van der Waals surface area contributed by atoms with Crippen molar-refractivity contribution >= 4 is 23.2 Å². The van der Waals surface area contributed by atoms with Gasteiger partial charge in [0, 0.05) is 20.4 Å². The van der Waals surface area contributed by atoms with Gasteiger partial charge in [-0.15, -0.1) is 0 Å². The Morgan fingerprint density at radius 2 is 1.30 bits per heavy atom. The smallest absolute Gasteiger partial charge is 0.0587 e. The molecule has 0 N–H and O–H groups in total. The quantitative estimate of drug-likeness (QED) is 0.591. The standard InChI is InChI=1S/C7H6Cl2.Pd/c8-6-4-1-2-5(3-4)7(6)9;/h1-3H2;. The van der Waals surface area contributed by atoms with Gasteiger partial charge in [0.25, 0.3) is 0 Å². The first-order valence-electron chi connectivity index (χ1n) is 3.04. The summed E-state index contributed by atoms with van der Waals surface area (Å²) in [5, 5.41) is 1.66. The second kappa shape index (κ2) is 2.99. The summed E-state index contributed by atoms with van der Waals surface area (Å²) in [6.07, 6.45) is 3.34. The summed E-state index contributed by atoms with van der Waals surface area (Å²) in [4.78, 5) is 0. The molecule has 0 spiro atoms. The maximum absolute atomic E-state index is 5.85. The summed E-state index contributed by atoms with van der Waals surface area (Å²) < 4.78 is 0. The van der Waals surface area contributed by atoms with Crippen LogP contribution in [0.25, 0.3) is 0 Å². The van der Waals surface area contributed by atoms with Crippen LogP contribution in [0.3, 0.4) is 0 Å². The Hall–Kier alpha value is 0.722. The van der Waals surface area contributed by atoms with Crippen LogP contribution in [-0.2, 0) is 20.4 Å². The van der Waals surface area contributed by atoms with Crippen LogP contribution in [0.15, 0.2) is 21.2 Å². The average molecular weight is 267 g/mol. The van der Waals surface area contributed by atoms with Crippen LogP contribution >= 0.6 is 23.2 Å². The number of hydrogen-bond acceptors (Lipinski definition) is 0. The topological polar surface area (TPSA) is 0 Å². The summed E-state index contributed by atoms with van der Waals surface area (Å²) in [5.74, 6) is 0. The van der Waals surface area contributed by atoms with E-state index in [0.717, 1.165) is 29.3 Å². The minimum absolute atomic E-state index is 0. The summed E-state index contributed by atoms with van der Waals surface area (Å²) in [5.41, 5.74) is 2.69. The van der Waals surface area contributed by atoms with E-state index in [9.17, 15) is 0 Å². The molecule has 1 saturated carbocycles. The van der Waals surface area contributed by atoms with E-state index >= 15 is 0 Å². The van der Waals surface area contributed by atoms with Gasteiger partial charge >= 0.3 is 0 Å². The Kier molecular flexibility index (Phi) is 2.64. The van der Waals surface area contributed by atoms with Gasteiger partial charge in [0.1, 0.15) is 0 Å². The Bertz CT molecular complexity index is 204. The summed E-state index contributed by atoms with van der Waals surface area (Å²) in [6, 6.07) is 0. The van der Waals surface area contributed by atoms with Gasteiger partial charge < -0.3 is 0 Å². The summed E-state index contributed by atoms with van der Waals surface area (Å²) in [7, 11) is 0. The van der Waals surface area contributed by atoms with Gasteiger partial charge in [-0.05, 0) is 30.4 Å². The largest absolute Gasteiger partial charge is 0.0828 e. The zero-order valence-electron chi connectivity index (χ0n) is 5.19. The fourth-order valence-electron chi connectivity index (χ4n) is 1.42. The molecule has 2 aliphatic carbocycles. The molecule has 0 nitrogen and oxygen atoms in total. The predicted octanol–water partition coefficient (Wildman–Crippen LogP) is 3.17. The third kappa shape index (κ3) is 1.10. The normalized spacial score (nSPS) is 22.2. The molecule has 0 amide bonds. The van der Waals surface area contributed by atoms with Gasteiger partial charge in [-0.1, -0.05) is 23.2 Å². The minimum atomic E-state index is 0. The van der Waals surface area contributed by atoms with Crippen molar-refractivity contribution in [1.29, 1.82) is 0 Å². The van der Waals surface area contributed by atoms with Gasteiger partial charge in [0.2, 0.25) is 0 Å². The Morgan fingerprint density at radius 1 is 0.900 bits per heavy atom. The van der Waals surface area contributed by atoms with Crippen LogP contribution < -0.4 is 0 Å². The molecule has 0 saturated heterocycles. The van der Waals surface area contributed by atoms with E-state index in [4.69, 9.17) is 23.2 Å². The molecule has 2 rings (SSSR count). The molecule has 0 heterocycles. The molecule has 0 aromatic rings. The second-order valence-electron chi connectivity index (χ2n) is 2.51. The van der Waals surface area contributed by atoms with E-state index in [2.05, 4.69) is 0 Å². The van der Waals surface area contributed by atoms with Crippen molar-refractivity contribution in [2.45, 2.75) is 19.3 Å². The third-order valence-corrected chi connectivity index (χ3v) is 2.98. The fourth-order valence-corrected chi connectivity index (χ4v) is 2.01. The molecule has 58 valence electrons. The summed E-state index contributed by atoms with van der Waals surface area (Å²) in [6.45, 7) is 0. The number of rotatable bonds is 0. The van der Waals surface area contributed by atoms with E-state index in [1.54, 1.807) is 0 Å². The van der Waals surface area contributed by atoms with Crippen LogP contribution in [0.4, 0.5) is 0 Å². The third-order valence-electron chi connectivity index (χ3n) is 1.97. The van der Waals surface area contributed by atoms with Gasteiger partial charge in [-0.3, -0.25) is 0 Å². The van der Waals surface area contributed by atoms with Crippen LogP contribution in [0.1, 0.15) is 19.3 Å². The number of fused-ring (bicyclic) bond motifs is 2. The Morgan fingerprint density at radius 3 is 1.50 bits per heavy atom. The SMILES string of the molecule is ClC1=C2CCC(=C1Cl)C2.[Pd]. The molecule has 0 aliphatic heterocycles. The van der Waals surface area contributed by atoms with Crippen molar-refractivity contribution in [3.63, 3.8) is 0 Å². The molecule has 3 heteroatoms. The number of hydrogen-bond donors (Lipinski definition) is 0. The minimum Gasteiger partial charge on any atom is -0.0828 e. The van der Waals surface area contributed by atoms with E-state index in [1.165, 1.54) is 11.1 Å².